The highest BCUT2D eigenvalue weighted by Crippen LogP contribution is 2.32. The lowest BCUT2D eigenvalue weighted by molar-refractivity contribution is 0.174. The molecule has 6 nitrogen and oxygen atoms in total. The Kier molecular flexibility index (Phi) is 6.86. The molecule has 2 rings (SSSR count). The first kappa shape index (κ1) is 16.8. The number of halogens is 1. The topological polar surface area (TPSA) is 78.1 Å². The Morgan fingerprint density at radius 1 is 1.45 bits per heavy atom. The number of fused-ring (bicyclic) bond motifs is 1. The third kappa shape index (κ3) is 4.71. The summed E-state index contributed by atoms with van der Waals surface area (Å²) in [4.78, 5) is 4.27. The van der Waals surface area contributed by atoms with Gasteiger partial charge in [-0.15, -0.1) is 24.0 Å². The minimum atomic E-state index is 0. The van der Waals surface area contributed by atoms with Gasteiger partial charge in [-0.3, -0.25) is 0 Å². The van der Waals surface area contributed by atoms with Gasteiger partial charge in [0.2, 0.25) is 6.79 Å². The number of nitrogens with two attached hydrogens (primary N) is 1. The number of nitrogens with zero attached hydrogens (tertiary/aromatic N) is 1. The summed E-state index contributed by atoms with van der Waals surface area (Å²) in [5, 5.41) is 3.05. The van der Waals surface area contributed by atoms with E-state index in [9.17, 15) is 0 Å². The van der Waals surface area contributed by atoms with Gasteiger partial charge < -0.3 is 25.3 Å². The molecule has 1 heterocycles. The molecule has 0 bridgehead atoms. The minimum Gasteiger partial charge on any atom is -0.454 e. The van der Waals surface area contributed by atoms with Crippen molar-refractivity contribution < 1.29 is 14.2 Å². The van der Waals surface area contributed by atoms with E-state index in [0.29, 0.717) is 19.1 Å². The summed E-state index contributed by atoms with van der Waals surface area (Å²) in [5.74, 6) is 1.93. The first-order valence-electron chi connectivity index (χ1n) is 6.13. The second kappa shape index (κ2) is 8.15. The van der Waals surface area contributed by atoms with E-state index in [0.717, 1.165) is 17.1 Å². The van der Waals surface area contributed by atoms with Gasteiger partial charge in [0.15, 0.2) is 17.5 Å². The van der Waals surface area contributed by atoms with Gasteiger partial charge >= 0.3 is 0 Å². The second-order valence-corrected chi connectivity index (χ2v) is 4.39. The Labute approximate surface area is 135 Å². The van der Waals surface area contributed by atoms with E-state index in [1.54, 1.807) is 7.11 Å². The quantitative estimate of drug-likeness (QED) is 0.450. The number of guanidine groups is 1. The summed E-state index contributed by atoms with van der Waals surface area (Å²) in [6.45, 7) is 3.34. The van der Waals surface area contributed by atoms with Crippen LogP contribution in [0.15, 0.2) is 23.2 Å². The zero-order chi connectivity index (χ0) is 13.7. The number of nitrogens with one attached hydrogen (secondary N) is 1. The van der Waals surface area contributed by atoms with Crippen molar-refractivity contribution >= 4 is 29.9 Å². The average molecular weight is 393 g/mol. The lowest BCUT2D eigenvalue weighted by atomic mass is 10.2. The number of rotatable bonds is 5. The number of aliphatic imine (C=N–C) groups is 1. The zero-order valence-electron chi connectivity index (χ0n) is 11.6. The van der Waals surface area contributed by atoms with Crippen LogP contribution in [-0.4, -0.2) is 32.5 Å². The highest BCUT2D eigenvalue weighted by Gasteiger charge is 2.12. The zero-order valence-corrected chi connectivity index (χ0v) is 13.9. The first-order chi connectivity index (χ1) is 9.19. The third-order valence-corrected chi connectivity index (χ3v) is 2.68. The molecule has 1 aliphatic rings. The van der Waals surface area contributed by atoms with Gasteiger partial charge in [-0.05, 0) is 24.6 Å². The van der Waals surface area contributed by atoms with E-state index in [1.807, 2.05) is 25.1 Å². The van der Waals surface area contributed by atoms with Crippen molar-refractivity contribution in [2.24, 2.45) is 10.7 Å². The van der Waals surface area contributed by atoms with Crippen LogP contribution in [0.1, 0.15) is 12.5 Å². The normalized spacial score (nSPS) is 14.6. The van der Waals surface area contributed by atoms with Crippen LogP contribution in [-0.2, 0) is 11.3 Å². The molecular formula is C13H20IN3O3. The van der Waals surface area contributed by atoms with Gasteiger partial charge in [0, 0.05) is 13.2 Å². The van der Waals surface area contributed by atoms with E-state index < -0.39 is 0 Å². The molecule has 1 aromatic rings. The molecule has 0 saturated heterocycles. The van der Waals surface area contributed by atoms with Crippen LogP contribution in [0, 0.1) is 0 Å². The molecule has 0 radical (unpaired) electrons. The number of hydrogen-bond donors (Lipinski definition) is 2. The molecule has 7 heteroatoms. The number of methoxy groups -OCH3 is 1. The molecule has 0 fully saturated rings. The summed E-state index contributed by atoms with van der Waals surface area (Å²) in [5.41, 5.74) is 6.81. The van der Waals surface area contributed by atoms with Crippen molar-refractivity contribution in [3.05, 3.63) is 23.8 Å². The van der Waals surface area contributed by atoms with Gasteiger partial charge in [-0.1, -0.05) is 6.07 Å². The van der Waals surface area contributed by atoms with Crippen LogP contribution in [0.5, 0.6) is 11.5 Å². The largest absolute Gasteiger partial charge is 0.454 e. The third-order valence-electron chi connectivity index (χ3n) is 2.68. The van der Waals surface area contributed by atoms with E-state index >= 15 is 0 Å². The highest BCUT2D eigenvalue weighted by atomic mass is 127. The molecule has 0 aromatic heterocycles. The van der Waals surface area contributed by atoms with E-state index in [1.165, 1.54) is 0 Å². The van der Waals surface area contributed by atoms with Crippen molar-refractivity contribution in [3.63, 3.8) is 0 Å². The maximum atomic E-state index is 5.79. The van der Waals surface area contributed by atoms with Crippen molar-refractivity contribution in [3.8, 4) is 11.5 Å². The number of hydrogen-bond acceptors (Lipinski definition) is 4. The SMILES string of the molecule is COCC(C)NC(N)=NCc1ccc2c(c1)OCO2.I. The smallest absolute Gasteiger partial charge is 0.231 e. The average Bonchev–Trinajstić information content (AvgIpc) is 2.83. The van der Waals surface area contributed by atoms with Crippen molar-refractivity contribution in [1.29, 1.82) is 0 Å². The van der Waals surface area contributed by atoms with Crippen molar-refractivity contribution in [2.75, 3.05) is 20.5 Å². The molecule has 1 atom stereocenters. The summed E-state index contributed by atoms with van der Waals surface area (Å²) in [6, 6.07) is 5.87. The van der Waals surface area contributed by atoms with Crippen LogP contribution in [0.25, 0.3) is 0 Å². The Morgan fingerprint density at radius 2 is 2.20 bits per heavy atom. The molecule has 0 amide bonds. The summed E-state index contributed by atoms with van der Waals surface area (Å²) in [7, 11) is 1.65. The van der Waals surface area contributed by atoms with Crippen LogP contribution < -0.4 is 20.5 Å². The lowest BCUT2D eigenvalue weighted by Gasteiger charge is -2.13. The van der Waals surface area contributed by atoms with Crippen LogP contribution in [0.2, 0.25) is 0 Å². The summed E-state index contributed by atoms with van der Waals surface area (Å²) < 4.78 is 15.6. The van der Waals surface area contributed by atoms with Crippen molar-refractivity contribution in [2.45, 2.75) is 19.5 Å². The molecule has 3 N–H and O–H groups in total. The Morgan fingerprint density at radius 3 is 2.95 bits per heavy atom. The fourth-order valence-electron chi connectivity index (χ4n) is 1.81. The molecule has 20 heavy (non-hydrogen) atoms. The van der Waals surface area contributed by atoms with Gasteiger partial charge in [0.05, 0.1) is 13.2 Å². The van der Waals surface area contributed by atoms with Gasteiger partial charge in [0.1, 0.15) is 0 Å². The molecular weight excluding hydrogens is 373 g/mol. The molecule has 0 aliphatic carbocycles. The van der Waals surface area contributed by atoms with Gasteiger partial charge in [-0.2, -0.15) is 0 Å². The molecule has 0 saturated carbocycles. The second-order valence-electron chi connectivity index (χ2n) is 4.39. The van der Waals surface area contributed by atoms with Crippen LogP contribution in [0.4, 0.5) is 0 Å². The van der Waals surface area contributed by atoms with Gasteiger partial charge in [0.25, 0.3) is 0 Å². The summed E-state index contributed by atoms with van der Waals surface area (Å²) in [6.07, 6.45) is 0. The predicted octanol–water partition coefficient (Wildman–Crippen LogP) is 1.47. The molecule has 1 aliphatic heterocycles. The van der Waals surface area contributed by atoms with Gasteiger partial charge in [-0.25, -0.2) is 4.99 Å². The Hall–Kier alpha value is -1.22. The Bertz CT molecular complexity index is 468. The summed E-state index contributed by atoms with van der Waals surface area (Å²) >= 11 is 0. The number of ether oxygens (including phenoxy) is 3. The van der Waals surface area contributed by atoms with E-state index in [-0.39, 0.29) is 36.8 Å². The first-order valence-corrected chi connectivity index (χ1v) is 6.13. The fourth-order valence-corrected chi connectivity index (χ4v) is 1.81. The standard InChI is InChI=1S/C13H19N3O3.HI/c1-9(7-17-2)16-13(14)15-6-10-3-4-11-12(5-10)19-8-18-11;/h3-5,9H,6-8H2,1-2H3,(H3,14,15,16);1H. The van der Waals surface area contributed by atoms with E-state index in [2.05, 4.69) is 10.3 Å². The van der Waals surface area contributed by atoms with Crippen LogP contribution >= 0.6 is 24.0 Å². The van der Waals surface area contributed by atoms with Crippen molar-refractivity contribution in [1.82, 2.24) is 5.32 Å². The monoisotopic (exact) mass is 393 g/mol. The molecule has 112 valence electrons. The molecule has 1 aromatic carbocycles. The van der Waals surface area contributed by atoms with Crippen LogP contribution in [0.3, 0.4) is 0 Å². The van der Waals surface area contributed by atoms with E-state index in [4.69, 9.17) is 19.9 Å². The minimum absolute atomic E-state index is 0. The number of benzene rings is 1. The lowest BCUT2D eigenvalue weighted by Crippen LogP contribution is -2.40. The maximum Gasteiger partial charge on any atom is 0.231 e. The predicted molar refractivity (Wildman–Crippen MR) is 87.8 cm³/mol. The highest BCUT2D eigenvalue weighted by molar-refractivity contribution is 14.0. The molecule has 0 spiro atoms. The molecule has 1 unspecified atom stereocenters. The maximum absolute atomic E-state index is 5.79. The fraction of sp³-hybridized carbons (Fsp3) is 0.462. The Balaban J connectivity index is 0.00000200.